The molecule has 2 N–H and O–H groups in total. The molecule has 0 heterocycles. The third kappa shape index (κ3) is 54.2. The highest BCUT2D eigenvalue weighted by Crippen LogP contribution is 2.55. The first-order valence-electron chi connectivity index (χ1n) is 33.7. The predicted molar refractivity (Wildman–Crippen MR) is 612 cm³/mol. The molecule has 8 aromatic rings. The highest BCUT2D eigenvalue weighted by atomic mass is 79.9. The Morgan fingerprint density at radius 1 is 0.276 bits per heavy atom. The van der Waals surface area contributed by atoms with Crippen LogP contribution < -0.4 is 37.9 Å². The van der Waals surface area contributed by atoms with Crippen LogP contribution in [0.15, 0.2) is 177 Å². The van der Waals surface area contributed by atoms with Crippen LogP contribution in [0.3, 0.4) is 0 Å². The first-order chi connectivity index (χ1) is 65.4. The van der Waals surface area contributed by atoms with Crippen molar-refractivity contribution in [2.75, 3.05) is 65.8 Å². The Morgan fingerprint density at radius 3 is 0.828 bits per heavy atom. The monoisotopic (exact) mass is 4120 g/mol. The number of ether oxygens (including phenoxy) is 8. The lowest BCUT2D eigenvalue weighted by atomic mass is 10.3. The minimum atomic E-state index is -5.14. The summed E-state index contributed by atoms with van der Waals surface area (Å²) in [7, 11) is -36.7. The summed E-state index contributed by atoms with van der Waals surface area (Å²) < 4.78 is 354. The van der Waals surface area contributed by atoms with Crippen molar-refractivity contribution in [3.63, 3.8) is 0 Å². The van der Waals surface area contributed by atoms with Gasteiger partial charge in [0.1, 0.15) is 118 Å². The molecule has 1 unspecified atom stereocenters. The highest BCUT2D eigenvalue weighted by molar-refractivity contribution is 9.18. The quantitative estimate of drug-likeness (QED) is 0.0115. The summed E-state index contributed by atoms with van der Waals surface area (Å²) in [5.41, 5.74) is 0. The van der Waals surface area contributed by atoms with Gasteiger partial charge in [0.2, 0.25) is 6.10 Å². The Labute approximate surface area is 1070 Å². The Balaban J connectivity index is 0.000000830. The molecule has 0 radical (unpaired) electrons. The van der Waals surface area contributed by atoms with Crippen LogP contribution in [0.1, 0.15) is 0 Å². The van der Waals surface area contributed by atoms with Gasteiger partial charge in [-0.2, -0.15) is 13.2 Å². The SMILES string of the molecule is O=C(CS(=O)(=O)[O-])Oc1c(Br)c(Br)c(Br)c(Br)c1Br.O=C(CS(=O)(=O)[O-])Oc1c(Br)c(Br)c(O)c(Br)c1Br.O=C(CS(=O)(=O)[O-])Oc1c(Br)cc(Br)cc1Br.O=C(CS(=O)(=O)[O-])Oc1ccc(Br)cc1Br.O=S(=O)([O-])CC(Oc1c(Br)c(Br)c(Br)c(Br)c1Br)C(F)(F)F.O=S(=O)([O-])CCOc1c(Br)c(Br)c(F)c(Br)c1Br.O=S(=O)([O-])CCOc1c(Br)c(Br)c(O)c(Br)c1Br.O=S(=O)([O-])CCOc1cc(Br)c(Br)cc1Br. The van der Waals surface area contributed by atoms with Gasteiger partial charge in [0.25, 0.3) is 0 Å². The predicted octanol–water partition coefficient (Wildman–Crippen LogP) is 26.3. The molecule has 0 aliphatic heterocycles. The maximum absolute atomic E-state index is 13.6. The van der Waals surface area contributed by atoms with Crippen molar-refractivity contribution in [2.45, 2.75) is 12.3 Å². The molecule has 38 nitrogen and oxygen atoms in total. The number of rotatable bonds is 28. The second kappa shape index (κ2) is 64.8. The first kappa shape index (κ1) is 147. The lowest BCUT2D eigenvalue weighted by Gasteiger charge is -2.25. The number of carbonyl (C=O) groups excluding carboxylic acids is 4. The van der Waals surface area contributed by atoms with Crippen LogP contribution in [0.2, 0.25) is 0 Å². The first-order valence-corrected chi connectivity index (χ1v) is 70.1. The summed E-state index contributed by atoms with van der Waals surface area (Å²) in [5, 5.41) is 19.4. The van der Waals surface area contributed by atoms with E-state index in [0.29, 0.717) is 77.3 Å². The molecule has 0 aromatic heterocycles. The molecule has 0 aliphatic rings. The average molecular weight is 4150 g/mol. The zero-order chi connectivity index (χ0) is 113. The molecule has 0 aliphatic carbocycles. The number of hydrogen-bond acceptors (Lipinski definition) is 38. The van der Waals surface area contributed by atoms with E-state index in [1.54, 1.807) is 36.4 Å². The molecule has 0 saturated heterocycles. The van der Waals surface area contributed by atoms with Gasteiger partial charge >= 0.3 is 30.1 Å². The van der Waals surface area contributed by atoms with E-state index in [9.17, 15) is 151 Å². The fraction of sp³-hybridized carbons (Fsp3) is 0.200. The molecule has 0 spiro atoms. The van der Waals surface area contributed by atoms with Crippen molar-refractivity contribution in [3.8, 4) is 57.5 Å². The topological polar surface area (TPSA) is 640 Å². The number of phenols is 2. The van der Waals surface area contributed by atoms with Gasteiger partial charge < -0.3 is 84.5 Å². The smallest absolute Gasteiger partial charge is 0.426 e. The molecule has 0 saturated carbocycles. The Bertz CT molecular complexity index is 6820. The fourth-order valence-corrected chi connectivity index (χ4v) is 28.7. The average Bonchev–Trinajstić information content (AvgIpc) is 0.760. The van der Waals surface area contributed by atoms with Crippen molar-refractivity contribution in [3.05, 3.63) is 182 Å². The molecular weight excluding hydrogens is 4120 g/mol. The van der Waals surface area contributed by atoms with Crippen LogP contribution in [0.4, 0.5) is 17.6 Å². The number of halogens is 34. The summed E-state index contributed by atoms with van der Waals surface area (Å²) in [6, 6.07) is 11.3. The summed E-state index contributed by atoms with van der Waals surface area (Å²) >= 11 is 94.5. The third-order valence-corrected chi connectivity index (χ3v) is 48.2. The van der Waals surface area contributed by atoms with E-state index < -0.39 is 169 Å². The lowest BCUT2D eigenvalue weighted by Crippen LogP contribution is -2.40. The molecule has 80 heteroatoms. The summed E-state index contributed by atoms with van der Waals surface area (Å²) in [6.45, 7) is -0.779. The van der Waals surface area contributed by atoms with Crippen LogP contribution in [0.5, 0.6) is 57.5 Å². The van der Waals surface area contributed by atoms with Crippen molar-refractivity contribution >= 4 is 583 Å². The standard InChI is InChI=1S/C9H4Br5F3O4S.C8H3Br5O5S.C8H5Br4FO4S.C8H4Br4O6S.C8H6Br4O5S.C8H5Br3O5S.C8H7Br3O4S.C8H6Br2O5S/c10-3-4(11)6(13)8(7(14)5(3)12)21-2(9(15,16)17)1-22(18,19)20;9-3-4(10)6(12)8(7(13)5(3)11)18-2(14)1-19(15,16)17;9-3-5(11)8(6(12)4(10)7(3)13)17-1-2-18(14,15)16;9-3-5(11)8(6(12)4(10)7(3)14)18-2(13)1-19(15,16)17;9-3-5(11)8(6(12)4(10)7(3)13)17-1-2-18(14,15)16;9-4-1-5(10)8(6(11)2-4)16-7(12)3-17(13,14)15;9-5-3-7(11)8(4-6(5)10)15-1-2-16(12,13)14;9-5-1-2-7(6(10)3-5)15-8(11)4-16(12,13)14/h2H,1H2,(H,18,19,20);1H2,(H,15,16,17);1-2H2,(H,14,15,16);14H,1H2,(H,15,16,17);13H,1-2H2,(H,14,15,16);1-2H,3H2,(H,13,14,15);3-4H,1-2H2,(H,12,13,14);1-3H,4H2,(H,12,13,14)/p-8. The van der Waals surface area contributed by atoms with E-state index in [2.05, 4.69) is 478 Å². The molecule has 0 bridgehead atoms. The van der Waals surface area contributed by atoms with Crippen LogP contribution in [0, 0.1) is 5.82 Å². The van der Waals surface area contributed by atoms with Crippen LogP contribution >= 0.6 is 478 Å². The zero-order valence-electron chi connectivity index (χ0n) is 67.1. The van der Waals surface area contributed by atoms with Gasteiger partial charge in [-0.05, 0) is 489 Å². The van der Waals surface area contributed by atoms with Gasteiger partial charge in [-0.25, -0.2) is 71.7 Å². The van der Waals surface area contributed by atoms with Gasteiger partial charge in [-0.1, -0.05) is 31.9 Å². The molecule has 814 valence electrons. The zero-order valence-corrected chi connectivity index (χ0v) is 121. The van der Waals surface area contributed by atoms with Gasteiger partial charge in [-0.15, -0.1) is 0 Å². The van der Waals surface area contributed by atoms with Crippen molar-refractivity contribution in [1.82, 2.24) is 0 Å². The van der Waals surface area contributed by atoms with E-state index in [1.165, 1.54) is 6.07 Å². The molecule has 0 amide bonds. The van der Waals surface area contributed by atoms with Crippen molar-refractivity contribution in [1.29, 1.82) is 0 Å². The van der Waals surface area contributed by atoms with E-state index >= 15 is 0 Å². The van der Waals surface area contributed by atoms with Crippen molar-refractivity contribution in [2.24, 2.45) is 0 Å². The normalized spacial score (nSPS) is 11.8. The van der Waals surface area contributed by atoms with Gasteiger partial charge in [0.05, 0.1) is 171 Å². The highest BCUT2D eigenvalue weighted by Gasteiger charge is 2.44. The third-order valence-electron chi connectivity index (χ3n) is 13.5. The molecule has 1 atom stereocenters. The molecular formula is C65H32Br30F4O38S8-8. The van der Waals surface area contributed by atoms with E-state index in [4.69, 9.17) is 37.9 Å². The van der Waals surface area contributed by atoms with Crippen LogP contribution in [0.25, 0.3) is 0 Å². The Kier molecular flexibility index (Phi) is 65.6. The fourth-order valence-electron chi connectivity index (χ4n) is 7.72. The van der Waals surface area contributed by atoms with Crippen molar-refractivity contribution < 1.29 is 189 Å². The second-order valence-corrected chi connectivity index (χ2v) is 60.5. The number of esters is 4. The number of benzene rings is 8. The summed E-state index contributed by atoms with van der Waals surface area (Å²) in [5.74, 6) is -13.0. The maximum Gasteiger partial charge on any atom is 0.426 e. The molecule has 8 aromatic carbocycles. The minimum absolute atomic E-state index is 0.0439. The number of aromatic hydroxyl groups is 2. The molecule has 0 fully saturated rings. The Morgan fingerprint density at radius 2 is 0.531 bits per heavy atom. The lowest BCUT2D eigenvalue weighted by molar-refractivity contribution is -0.188. The van der Waals surface area contributed by atoms with E-state index in [1.807, 2.05) is 0 Å². The van der Waals surface area contributed by atoms with E-state index in [0.717, 1.165) is 17.9 Å². The number of carbonyl (C=O) groups is 4. The molecule has 145 heavy (non-hydrogen) atoms. The van der Waals surface area contributed by atoms with Crippen LogP contribution in [-0.2, 0) is 100 Å². The van der Waals surface area contributed by atoms with Gasteiger partial charge in [0, 0.05) is 26.8 Å². The summed E-state index contributed by atoms with van der Waals surface area (Å²) in [4.78, 5) is 44.9. The largest absolute Gasteiger partial charge is 0.748 e. The summed E-state index contributed by atoms with van der Waals surface area (Å²) in [6.07, 6.45) is -7.84. The molecule has 8 rings (SSSR count). The maximum atomic E-state index is 13.6. The van der Waals surface area contributed by atoms with E-state index in [-0.39, 0.29) is 116 Å². The number of alkyl halides is 3. The van der Waals surface area contributed by atoms with Crippen LogP contribution in [-0.4, -0.2) is 216 Å². The number of hydrogen-bond donors (Lipinski definition) is 2. The second-order valence-electron chi connectivity index (χ2n) is 24.4. The van der Waals surface area contributed by atoms with Gasteiger partial charge in [-0.3, -0.25) is 19.2 Å². The minimum Gasteiger partial charge on any atom is -0.748 e. The number of phenolic OH excluding ortho intramolecular Hbond substituents is 2. The Hall–Kier alpha value is 3.84. The van der Waals surface area contributed by atoms with Gasteiger partial charge in [0.15, 0.2) is 28.8 Å².